The van der Waals surface area contributed by atoms with Crippen LogP contribution in [0.5, 0.6) is 0 Å². The number of methoxy groups -OCH3 is 1. The second-order valence-corrected chi connectivity index (χ2v) is 6.26. The fraction of sp³-hybridized carbons (Fsp3) is 0.200. The van der Waals surface area contributed by atoms with Crippen LogP contribution in [0.2, 0.25) is 0 Å². The van der Waals surface area contributed by atoms with Gasteiger partial charge in [0.25, 0.3) is 5.89 Å². The van der Waals surface area contributed by atoms with E-state index in [0.717, 1.165) is 11.1 Å². The first-order chi connectivity index (χ1) is 13.6. The summed E-state index contributed by atoms with van der Waals surface area (Å²) in [5.74, 6) is 0.522. The molecular formula is C20H18FN5O2. The van der Waals surface area contributed by atoms with Gasteiger partial charge in [0.15, 0.2) is 11.5 Å². The van der Waals surface area contributed by atoms with Gasteiger partial charge in [-0.05, 0) is 37.3 Å². The summed E-state index contributed by atoms with van der Waals surface area (Å²) in [5.41, 5.74) is 3.29. The Balaban J connectivity index is 1.83. The zero-order valence-electron chi connectivity index (χ0n) is 15.4. The molecule has 7 nitrogen and oxygen atoms in total. The van der Waals surface area contributed by atoms with Crippen LogP contribution in [0.4, 0.5) is 15.8 Å². The smallest absolute Gasteiger partial charge is 0.261 e. The van der Waals surface area contributed by atoms with E-state index in [-0.39, 0.29) is 5.82 Å². The summed E-state index contributed by atoms with van der Waals surface area (Å²) in [6.07, 6.45) is 2.17. The van der Waals surface area contributed by atoms with E-state index in [2.05, 4.69) is 25.4 Å². The van der Waals surface area contributed by atoms with Crippen molar-refractivity contribution in [1.29, 1.82) is 0 Å². The lowest BCUT2D eigenvalue weighted by Gasteiger charge is -2.13. The van der Waals surface area contributed by atoms with Gasteiger partial charge >= 0.3 is 0 Å². The first-order valence-electron chi connectivity index (χ1n) is 8.75. The third-order valence-electron chi connectivity index (χ3n) is 4.19. The number of hydrogen-bond donors (Lipinski definition) is 1. The van der Waals surface area contributed by atoms with E-state index >= 15 is 0 Å². The SMILES string of the molecule is COCCc1noc(-c2cnc3nc(C)ccc3c2Nc2cccc(F)c2)n1. The van der Waals surface area contributed by atoms with Crippen LogP contribution in [0.3, 0.4) is 0 Å². The lowest BCUT2D eigenvalue weighted by molar-refractivity contribution is 0.199. The summed E-state index contributed by atoms with van der Waals surface area (Å²) in [5, 5.41) is 8.01. The monoisotopic (exact) mass is 379 g/mol. The predicted octanol–water partition coefficient (Wildman–Crippen LogP) is 4.06. The molecule has 0 saturated heterocycles. The maximum Gasteiger partial charge on any atom is 0.261 e. The molecule has 0 aliphatic heterocycles. The topological polar surface area (TPSA) is 86.0 Å². The second kappa shape index (κ2) is 7.69. The van der Waals surface area contributed by atoms with E-state index in [1.165, 1.54) is 12.1 Å². The van der Waals surface area contributed by atoms with E-state index in [1.807, 2.05) is 19.1 Å². The average Bonchev–Trinajstić information content (AvgIpc) is 3.15. The van der Waals surface area contributed by atoms with Crippen molar-refractivity contribution < 1.29 is 13.7 Å². The van der Waals surface area contributed by atoms with Crippen molar-refractivity contribution in [1.82, 2.24) is 20.1 Å². The Morgan fingerprint density at radius 1 is 1.18 bits per heavy atom. The number of nitrogens with zero attached hydrogens (tertiary/aromatic N) is 4. The van der Waals surface area contributed by atoms with Gasteiger partial charge in [0.1, 0.15) is 5.82 Å². The van der Waals surface area contributed by atoms with Crippen LogP contribution in [-0.4, -0.2) is 33.8 Å². The number of nitrogens with one attached hydrogen (secondary N) is 1. The maximum absolute atomic E-state index is 13.7. The standard InChI is InChI=1S/C20H18FN5O2/c1-12-6-7-15-18(24-14-5-3-4-13(21)10-14)16(11-22-19(15)23-12)20-25-17(26-28-20)8-9-27-2/h3-7,10-11H,8-9H2,1-2H3,(H,22,23,24). The Labute approximate surface area is 160 Å². The molecule has 142 valence electrons. The lowest BCUT2D eigenvalue weighted by atomic mass is 10.1. The first kappa shape index (κ1) is 18.0. The normalized spacial score (nSPS) is 11.1. The fourth-order valence-electron chi connectivity index (χ4n) is 2.84. The second-order valence-electron chi connectivity index (χ2n) is 6.26. The highest BCUT2D eigenvalue weighted by Crippen LogP contribution is 2.34. The highest BCUT2D eigenvalue weighted by atomic mass is 19.1. The van der Waals surface area contributed by atoms with Gasteiger partial charge < -0.3 is 14.6 Å². The Morgan fingerprint density at radius 3 is 2.89 bits per heavy atom. The number of aromatic nitrogens is 4. The van der Waals surface area contributed by atoms with Crippen LogP contribution in [0.15, 0.2) is 47.1 Å². The Morgan fingerprint density at radius 2 is 2.07 bits per heavy atom. The molecule has 0 aliphatic rings. The number of hydrogen-bond acceptors (Lipinski definition) is 7. The molecule has 3 aromatic heterocycles. The van der Waals surface area contributed by atoms with Gasteiger partial charge in [0, 0.05) is 36.5 Å². The Bertz CT molecular complexity index is 1130. The van der Waals surface area contributed by atoms with E-state index in [0.29, 0.717) is 47.3 Å². The zero-order chi connectivity index (χ0) is 19.5. The van der Waals surface area contributed by atoms with Crippen molar-refractivity contribution in [3.8, 4) is 11.5 Å². The molecule has 8 heteroatoms. The summed E-state index contributed by atoms with van der Waals surface area (Å²) in [7, 11) is 1.62. The molecule has 1 N–H and O–H groups in total. The van der Waals surface area contributed by atoms with Gasteiger partial charge in [-0.1, -0.05) is 11.2 Å². The van der Waals surface area contributed by atoms with E-state index in [4.69, 9.17) is 9.26 Å². The summed E-state index contributed by atoms with van der Waals surface area (Å²) in [6.45, 7) is 2.39. The minimum atomic E-state index is -0.335. The zero-order valence-corrected chi connectivity index (χ0v) is 15.4. The highest BCUT2D eigenvalue weighted by Gasteiger charge is 2.18. The van der Waals surface area contributed by atoms with Crippen LogP contribution in [0.1, 0.15) is 11.5 Å². The van der Waals surface area contributed by atoms with Gasteiger partial charge in [-0.2, -0.15) is 4.98 Å². The van der Waals surface area contributed by atoms with Crippen LogP contribution in [0.25, 0.3) is 22.5 Å². The Kier molecular flexibility index (Phi) is 4.94. The van der Waals surface area contributed by atoms with Crippen molar-refractivity contribution in [3.05, 3.63) is 59.9 Å². The first-order valence-corrected chi connectivity index (χ1v) is 8.75. The van der Waals surface area contributed by atoms with Gasteiger partial charge in [0.2, 0.25) is 0 Å². The largest absolute Gasteiger partial charge is 0.384 e. The molecular weight excluding hydrogens is 361 g/mol. The number of pyridine rings is 2. The quantitative estimate of drug-likeness (QED) is 0.541. The molecule has 0 amide bonds. The van der Waals surface area contributed by atoms with Crippen LogP contribution >= 0.6 is 0 Å². The minimum Gasteiger partial charge on any atom is -0.384 e. The predicted molar refractivity (Wildman–Crippen MR) is 103 cm³/mol. The average molecular weight is 379 g/mol. The number of rotatable bonds is 6. The molecule has 0 unspecified atom stereocenters. The fourth-order valence-corrected chi connectivity index (χ4v) is 2.84. The van der Waals surface area contributed by atoms with E-state index in [1.54, 1.807) is 25.4 Å². The number of aryl methyl sites for hydroxylation is 1. The van der Waals surface area contributed by atoms with Gasteiger partial charge in [-0.15, -0.1) is 0 Å². The molecule has 0 aliphatic carbocycles. The maximum atomic E-state index is 13.7. The van der Waals surface area contributed by atoms with Gasteiger partial charge in [0.05, 0.1) is 17.9 Å². The van der Waals surface area contributed by atoms with Crippen molar-refractivity contribution in [2.24, 2.45) is 0 Å². The number of anilines is 2. The van der Waals surface area contributed by atoms with E-state index < -0.39 is 0 Å². The number of benzene rings is 1. The van der Waals surface area contributed by atoms with Crippen molar-refractivity contribution in [2.45, 2.75) is 13.3 Å². The third-order valence-corrected chi connectivity index (χ3v) is 4.19. The molecule has 0 spiro atoms. The van der Waals surface area contributed by atoms with E-state index in [9.17, 15) is 4.39 Å². The molecule has 1 aromatic carbocycles. The van der Waals surface area contributed by atoms with Crippen LogP contribution in [0, 0.1) is 12.7 Å². The third kappa shape index (κ3) is 3.67. The number of halogens is 1. The van der Waals surface area contributed by atoms with Gasteiger partial charge in [-0.3, -0.25) is 0 Å². The molecule has 28 heavy (non-hydrogen) atoms. The summed E-state index contributed by atoms with van der Waals surface area (Å²) in [4.78, 5) is 13.3. The molecule has 0 fully saturated rings. The minimum absolute atomic E-state index is 0.319. The summed E-state index contributed by atoms with van der Waals surface area (Å²) >= 11 is 0. The lowest BCUT2D eigenvalue weighted by Crippen LogP contribution is -1.99. The number of ether oxygens (including phenoxy) is 1. The van der Waals surface area contributed by atoms with Crippen LogP contribution < -0.4 is 5.32 Å². The summed E-state index contributed by atoms with van der Waals surface area (Å²) in [6, 6.07) is 10.0. The molecule has 0 bridgehead atoms. The van der Waals surface area contributed by atoms with Crippen molar-refractivity contribution in [2.75, 3.05) is 19.0 Å². The molecule has 4 aromatic rings. The summed E-state index contributed by atoms with van der Waals surface area (Å²) < 4.78 is 24.1. The molecule has 4 rings (SSSR count). The Hall–Kier alpha value is -3.39. The highest BCUT2D eigenvalue weighted by molar-refractivity contribution is 5.98. The van der Waals surface area contributed by atoms with Crippen molar-refractivity contribution >= 4 is 22.4 Å². The molecule has 0 atom stereocenters. The number of fused-ring (bicyclic) bond motifs is 1. The van der Waals surface area contributed by atoms with Gasteiger partial charge in [-0.25, -0.2) is 14.4 Å². The van der Waals surface area contributed by atoms with Crippen molar-refractivity contribution in [3.63, 3.8) is 0 Å². The van der Waals surface area contributed by atoms with Crippen LogP contribution in [-0.2, 0) is 11.2 Å². The molecule has 3 heterocycles. The molecule has 0 radical (unpaired) electrons. The molecule has 0 saturated carbocycles.